The number of carbonyl (C=O) groups excluding carboxylic acids is 4. The van der Waals surface area contributed by atoms with Crippen LogP contribution in [0.3, 0.4) is 0 Å². The Hall–Kier alpha value is -3.94. The molecule has 8 nitrogen and oxygen atoms in total. The van der Waals surface area contributed by atoms with Crippen molar-refractivity contribution in [3.05, 3.63) is 71.9 Å². The van der Waals surface area contributed by atoms with E-state index >= 15 is 0 Å². The number of hydrogen-bond donors (Lipinski definition) is 2. The Labute approximate surface area is 173 Å². The third-order valence-corrected chi connectivity index (χ3v) is 5.21. The topological polar surface area (TPSA) is 98.8 Å². The number of para-hydroxylation sites is 1. The summed E-state index contributed by atoms with van der Waals surface area (Å²) in [5, 5.41) is 5.53. The molecule has 0 saturated carbocycles. The van der Waals surface area contributed by atoms with Crippen LogP contribution < -0.4 is 15.5 Å². The SMILES string of the molecule is CC(=O)c1ccc(NC(=O)C2=CN(C)C3C(=O)N(c4ccccc4)C(=O)NC23)cc1. The second kappa shape index (κ2) is 7.47. The molecular weight excluding hydrogens is 384 g/mol. The van der Waals surface area contributed by atoms with E-state index in [4.69, 9.17) is 0 Å². The van der Waals surface area contributed by atoms with Crippen molar-refractivity contribution in [2.45, 2.75) is 19.0 Å². The van der Waals surface area contributed by atoms with Gasteiger partial charge in [-0.1, -0.05) is 18.2 Å². The molecule has 2 heterocycles. The van der Waals surface area contributed by atoms with Gasteiger partial charge in [0.15, 0.2) is 5.78 Å². The number of ketones is 1. The number of nitrogens with one attached hydrogen (secondary N) is 2. The van der Waals surface area contributed by atoms with Gasteiger partial charge in [-0.05, 0) is 43.3 Å². The third kappa shape index (κ3) is 3.32. The highest BCUT2D eigenvalue weighted by Gasteiger charge is 2.49. The quantitative estimate of drug-likeness (QED) is 0.761. The van der Waals surface area contributed by atoms with Crippen molar-refractivity contribution < 1.29 is 19.2 Å². The van der Waals surface area contributed by atoms with Gasteiger partial charge < -0.3 is 15.5 Å². The second-order valence-corrected chi connectivity index (χ2v) is 7.22. The normalized spacial score (nSPS) is 20.4. The molecular formula is C22H20N4O4. The molecule has 0 aromatic heterocycles. The first-order valence-corrected chi connectivity index (χ1v) is 9.42. The lowest BCUT2D eigenvalue weighted by molar-refractivity contribution is -0.122. The summed E-state index contributed by atoms with van der Waals surface area (Å²) in [6.45, 7) is 1.47. The molecule has 0 bridgehead atoms. The van der Waals surface area contributed by atoms with Crippen LogP contribution in [-0.2, 0) is 9.59 Å². The second-order valence-electron chi connectivity index (χ2n) is 7.22. The summed E-state index contributed by atoms with van der Waals surface area (Å²) in [7, 11) is 1.69. The van der Waals surface area contributed by atoms with Crippen LogP contribution in [0.25, 0.3) is 0 Å². The van der Waals surface area contributed by atoms with Crippen LogP contribution >= 0.6 is 0 Å². The molecule has 2 aromatic rings. The van der Waals surface area contributed by atoms with E-state index in [-0.39, 0.29) is 11.4 Å². The van der Waals surface area contributed by atoms with Crippen molar-refractivity contribution in [1.29, 1.82) is 0 Å². The molecule has 1 saturated heterocycles. The van der Waals surface area contributed by atoms with Gasteiger partial charge in [0.25, 0.3) is 11.8 Å². The maximum Gasteiger partial charge on any atom is 0.329 e. The van der Waals surface area contributed by atoms with Crippen LogP contribution in [-0.4, -0.2) is 47.7 Å². The molecule has 4 amide bonds. The van der Waals surface area contributed by atoms with E-state index in [2.05, 4.69) is 10.6 Å². The van der Waals surface area contributed by atoms with Crippen LogP contribution in [0.1, 0.15) is 17.3 Å². The summed E-state index contributed by atoms with van der Waals surface area (Å²) in [5.74, 6) is -0.893. The lowest BCUT2D eigenvalue weighted by Crippen LogP contribution is -2.65. The Kier molecular flexibility index (Phi) is 4.83. The van der Waals surface area contributed by atoms with Crippen molar-refractivity contribution in [2.75, 3.05) is 17.3 Å². The zero-order valence-electron chi connectivity index (χ0n) is 16.5. The number of amides is 4. The first kappa shape index (κ1) is 19.4. The van der Waals surface area contributed by atoms with E-state index < -0.39 is 29.9 Å². The Balaban J connectivity index is 1.54. The molecule has 2 atom stereocenters. The Morgan fingerprint density at radius 3 is 2.30 bits per heavy atom. The van der Waals surface area contributed by atoms with Crippen molar-refractivity contribution in [3.63, 3.8) is 0 Å². The van der Waals surface area contributed by atoms with Gasteiger partial charge in [-0.25, -0.2) is 9.69 Å². The predicted molar refractivity (Wildman–Crippen MR) is 111 cm³/mol. The number of fused-ring (bicyclic) bond motifs is 1. The first-order chi connectivity index (χ1) is 14.4. The molecule has 4 rings (SSSR count). The van der Waals surface area contributed by atoms with Crippen LogP contribution in [0.2, 0.25) is 0 Å². The van der Waals surface area contributed by atoms with Crippen molar-refractivity contribution >= 4 is 35.0 Å². The monoisotopic (exact) mass is 404 g/mol. The molecule has 1 fully saturated rings. The molecule has 0 spiro atoms. The molecule has 2 N–H and O–H groups in total. The summed E-state index contributed by atoms with van der Waals surface area (Å²) in [6.07, 6.45) is 1.57. The fourth-order valence-corrected chi connectivity index (χ4v) is 3.70. The fourth-order valence-electron chi connectivity index (χ4n) is 3.70. The Bertz CT molecular complexity index is 1060. The minimum Gasteiger partial charge on any atom is -0.366 e. The van der Waals surface area contributed by atoms with Gasteiger partial charge in [-0.3, -0.25) is 14.4 Å². The number of anilines is 2. The molecule has 2 aliphatic rings. The largest absolute Gasteiger partial charge is 0.366 e. The molecule has 0 radical (unpaired) electrons. The fraction of sp³-hybridized carbons (Fsp3) is 0.182. The van der Waals surface area contributed by atoms with Gasteiger partial charge >= 0.3 is 6.03 Å². The molecule has 30 heavy (non-hydrogen) atoms. The minimum absolute atomic E-state index is 0.0674. The van der Waals surface area contributed by atoms with Gasteiger partial charge in [0.05, 0.1) is 17.3 Å². The smallest absolute Gasteiger partial charge is 0.329 e. The highest BCUT2D eigenvalue weighted by molar-refractivity contribution is 6.20. The van der Waals surface area contributed by atoms with Crippen molar-refractivity contribution in [2.24, 2.45) is 0 Å². The van der Waals surface area contributed by atoms with E-state index in [1.165, 1.54) is 6.92 Å². The zero-order chi connectivity index (χ0) is 21.4. The average molecular weight is 404 g/mol. The Morgan fingerprint density at radius 2 is 1.67 bits per heavy atom. The molecule has 152 valence electrons. The van der Waals surface area contributed by atoms with Gasteiger partial charge in [-0.15, -0.1) is 0 Å². The zero-order valence-corrected chi connectivity index (χ0v) is 16.5. The summed E-state index contributed by atoms with van der Waals surface area (Å²) < 4.78 is 0. The van der Waals surface area contributed by atoms with Crippen LogP contribution in [0.5, 0.6) is 0 Å². The maximum atomic E-state index is 13.1. The van der Waals surface area contributed by atoms with Gasteiger partial charge in [-0.2, -0.15) is 0 Å². The molecule has 8 heteroatoms. The Morgan fingerprint density at radius 1 is 1.00 bits per heavy atom. The first-order valence-electron chi connectivity index (χ1n) is 9.42. The lowest BCUT2D eigenvalue weighted by atomic mass is 9.99. The van der Waals surface area contributed by atoms with E-state index in [0.29, 0.717) is 16.9 Å². The van der Waals surface area contributed by atoms with Crippen LogP contribution in [0.4, 0.5) is 16.2 Å². The van der Waals surface area contributed by atoms with Crippen LogP contribution in [0, 0.1) is 0 Å². The molecule has 2 aromatic carbocycles. The number of likely N-dealkylation sites (N-methyl/N-ethyl adjacent to an activating group) is 1. The summed E-state index contributed by atoms with van der Waals surface area (Å²) in [5.41, 5.74) is 1.80. The number of carbonyl (C=O) groups is 4. The number of rotatable bonds is 4. The molecule has 2 unspecified atom stereocenters. The van der Waals surface area contributed by atoms with Crippen molar-refractivity contribution in [3.8, 4) is 0 Å². The number of nitrogens with zero attached hydrogens (tertiary/aromatic N) is 2. The predicted octanol–water partition coefficient (Wildman–Crippen LogP) is 2.15. The highest BCUT2D eigenvalue weighted by atomic mass is 16.2. The minimum atomic E-state index is -0.758. The van der Waals surface area contributed by atoms with Crippen molar-refractivity contribution in [1.82, 2.24) is 10.2 Å². The standard InChI is InChI=1S/C22H20N4O4/c1-13(27)14-8-10-15(11-9-14)23-20(28)17-12-25(2)19-18(17)24-22(30)26(21(19)29)16-6-4-3-5-7-16/h3-12,18-19H,1-2H3,(H,23,28)(H,24,30). The number of urea groups is 1. The average Bonchev–Trinajstić information content (AvgIpc) is 3.05. The number of benzene rings is 2. The van der Waals surface area contributed by atoms with Gasteiger partial charge in [0.1, 0.15) is 6.04 Å². The summed E-state index contributed by atoms with van der Waals surface area (Å²) in [6, 6.07) is 13.1. The molecule has 2 aliphatic heterocycles. The highest BCUT2D eigenvalue weighted by Crippen LogP contribution is 2.29. The molecule has 0 aliphatic carbocycles. The number of hydrogen-bond acceptors (Lipinski definition) is 5. The number of Topliss-reactive ketones (excluding diaryl/α,β-unsaturated/α-hetero) is 1. The summed E-state index contributed by atoms with van der Waals surface area (Å²) in [4.78, 5) is 52.7. The van der Waals surface area contributed by atoms with Gasteiger partial charge in [0, 0.05) is 24.5 Å². The van der Waals surface area contributed by atoms with Crippen LogP contribution in [0.15, 0.2) is 66.4 Å². The number of imide groups is 1. The van der Waals surface area contributed by atoms with E-state index in [0.717, 1.165) is 4.90 Å². The third-order valence-electron chi connectivity index (χ3n) is 5.21. The van der Waals surface area contributed by atoms with E-state index in [1.807, 2.05) is 0 Å². The maximum absolute atomic E-state index is 13.1. The summed E-state index contributed by atoms with van der Waals surface area (Å²) >= 11 is 0. The van der Waals surface area contributed by atoms with E-state index in [9.17, 15) is 19.2 Å². The van der Waals surface area contributed by atoms with Gasteiger partial charge in [0.2, 0.25) is 0 Å². The van der Waals surface area contributed by atoms with E-state index in [1.54, 1.807) is 72.7 Å². The lowest BCUT2D eigenvalue weighted by Gasteiger charge is -2.37.